The average molecular weight is 266 g/mol. The molecule has 1 heterocycles. The number of carbonyl (C=O) groups excluding carboxylic acids is 1. The highest BCUT2D eigenvalue weighted by molar-refractivity contribution is 5.77. The second kappa shape index (κ2) is 6.38. The molecule has 2 rings (SSSR count). The number of rotatable bonds is 5. The van der Waals surface area contributed by atoms with E-state index in [9.17, 15) is 9.59 Å². The highest BCUT2D eigenvalue weighted by Crippen LogP contribution is 2.17. The van der Waals surface area contributed by atoms with E-state index in [1.54, 1.807) is 0 Å². The van der Waals surface area contributed by atoms with Gasteiger partial charge in [-0.1, -0.05) is 12.8 Å². The molecule has 1 aliphatic rings. The molecule has 1 fully saturated rings. The van der Waals surface area contributed by atoms with Crippen LogP contribution in [0.2, 0.25) is 0 Å². The number of amides is 1. The van der Waals surface area contributed by atoms with E-state index in [0.29, 0.717) is 5.69 Å². The number of aromatic amines is 1. The van der Waals surface area contributed by atoms with E-state index in [-0.39, 0.29) is 36.3 Å². The Morgan fingerprint density at radius 2 is 2.21 bits per heavy atom. The molecule has 0 spiro atoms. The van der Waals surface area contributed by atoms with Gasteiger partial charge in [0.25, 0.3) is 5.91 Å². The molecule has 1 aromatic rings. The van der Waals surface area contributed by atoms with Crippen LogP contribution in [0.15, 0.2) is 17.1 Å². The van der Waals surface area contributed by atoms with Gasteiger partial charge >= 0.3 is 0 Å². The van der Waals surface area contributed by atoms with Crippen molar-refractivity contribution in [1.82, 2.24) is 10.3 Å². The number of ether oxygens (including phenoxy) is 1. The molecule has 1 aromatic heterocycles. The Bertz CT molecular complexity index is 492. The SMILES string of the molecule is O=C(COc1c[nH]c(CO)cc1=O)NC1CCCC1. The van der Waals surface area contributed by atoms with Crippen LogP contribution in [-0.2, 0) is 11.4 Å². The third-order valence-corrected chi connectivity index (χ3v) is 3.19. The molecule has 0 bridgehead atoms. The topological polar surface area (TPSA) is 91.4 Å². The molecule has 0 saturated heterocycles. The molecule has 6 heteroatoms. The predicted molar refractivity (Wildman–Crippen MR) is 68.9 cm³/mol. The number of pyridine rings is 1. The Balaban J connectivity index is 1.84. The van der Waals surface area contributed by atoms with Gasteiger partial charge in [0.15, 0.2) is 12.4 Å². The maximum Gasteiger partial charge on any atom is 0.258 e. The van der Waals surface area contributed by atoms with Crippen molar-refractivity contribution < 1.29 is 14.6 Å². The molecule has 0 radical (unpaired) electrons. The fourth-order valence-corrected chi connectivity index (χ4v) is 2.19. The first-order valence-corrected chi connectivity index (χ1v) is 6.43. The maximum atomic E-state index is 11.6. The molecular weight excluding hydrogens is 248 g/mol. The summed E-state index contributed by atoms with van der Waals surface area (Å²) in [7, 11) is 0. The molecule has 104 valence electrons. The van der Waals surface area contributed by atoms with Gasteiger partial charge in [-0.3, -0.25) is 9.59 Å². The Kier molecular flexibility index (Phi) is 4.57. The monoisotopic (exact) mass is 266 g/mol. The zero-order valence-corrected chi connectivity index (χ0v) is 10.6. The quantitative estimate of drug-likeness (QED) is 0.715. The fourth-order valence-electron chi connectivity index (χ4n) is 2.19. The lowest BCUT2D eigenvalue weighted by Crippen LogP contribution is -2.36. The fraction of sp³-hybridized carbons (Fsp3) is 0.538. The molecule has 19 heavy (non-hydrogen) atoms. The van der Waals surface area contributed by atoms with Gasteiger partial charge in [0.2, 0.25) is 5.43 Å². The lowest BCUT2D eigenvalue weighted by molar-refractivity contribution is -0.123. The summed E-state index contributed by atoms with van der Waals surface area (Å²) in [6.45, 7) is -0.407. The zero-order chi connectivity index (χ0) is 13.7. The van der Waals surface area contributed by atoms with Crippen molar-refractivity contribution in [2.24, 2.45) is 0 Å². The largest absolute Gasteiger partial charge is 0.478 e. The number of hydrogen-bond donors (Lipinski definition) is 3. The van der Waals surface area contributed by atoms with Crippen LogP contribution < -0.4 is 15.5 Å². The molecule has 3 N–H and O–H groups in total. The zero-order valence-electron chi connectivity index (χ0n) is 10.6. The van der Waals surface area contributed by atoms with Crippen molar-refractivity contribution in [3.05, 3.63) is 28.2 Å². The minimum absolute atomic E-state index is 0.0822. The Hall–Kier alpha value is -1.82. The highest BCUT2D eigenvalue weighted by Gasteiger charge is 2.17. The van der Waals surface area contributed by atoms with Crippen LogP contribution in [0.4, 0.5) is 0 Å². The minimum atomic E-state index is -0.350. The molecular formula is C13H18N2O4. The summed E-state index contributed by atoms with van der Waals surface area (Å²) in [6.07, 6.45) is 5.67. The second-order valence-corrected chi connectivity index (χ2v) is 4.68. The van der Waals surface area contributed by atoms with Gasteiger partial charge in [-0.2, -0.15) is 0 Å². The van der Waals surface area contributed by atoms with Crippen LogP contribution in [0.25, 0.3) is 0 Å². The van der Waals surface area contributed by atoms with Crippen LogP contribution in [0.1, 0.15) is 31.4 Å². The van der Waals surface area contributed by atoms with Gasteiger partial charge < -0.3 is 20.1 Å². The first-order chi connectivity index (χ1) is 9.19. The lowest BCUT2D eigenvalue weighted by atomic mass is 10.2. The maximum absolute atomic E-state index is 11.6. The van der Waals surface area contributed by atoms with Gasteiger partial charge in [-0.15, -0.1) is 0 Å². The van der Waals surface area contributed by atoms with Crippen LogP contribution in [-0.4, -0.2) is 28.6 Å². The van der Waals surface area contributed by atoms with Gasteiger partial charge in [0.05, 0.1) is 6.61 Å². The third-order valence-electron chi connectivity index (χ3n) is 3.19. The number of hydrogen-bond acceptors (Lipinski definition) is 4. The molecule has 1 amide bonds. The van der Waals surface area contributed by atoms with E-state index in [4.69, 9.17) is 9.84 Å². The van der Waals surface area contributed by atoms with Gasteiger partial charge in [0.1, 0.15) is 0 Å². The Morgan fingerprint density at radius 3 is 2.84 bits per heavy atom. The number of aromatic nitrogens is 1. The van der Waals surface area contributed by atoms with Crippen molar-refractivity contribution in [2.75, 3.05) is 6.61 Å². The summed E-state index contributed by atoms with van der Waals surface area (Å²) in [6, 6.07) is 1.50. The molecule has 1 aliphatic carbocycles. The third kappa shape index (κ3) is 3.82. The summed E-state index contributed by atoms with van der Waals surface area (Å²) in [5.74, 6) is -0.128. The first-order valence-electron chi connectivity index (χ1n) is 6.43. The van der Waals surface area contributed by atoms with Crippen LogP contribution >= 0.6 is 0 Å². The van der Waals surface area contributed by atoms with E-state index >= 15 is 0 Å². The number of nitrogens with one attached hydrogen (secondary N) is 2. The van der Waals surface area contributed by atoms with Crippen LogP contribution in [0.3, 0.4) is 0 Å². The normalized spacial score (nSPS) is 15.4. The average Bonchev–Trinajstić information content (AvgIpc) is 2.90. The Labute approximate surface area is 110 Å². The molecule has 0 unspecified atom stereocenters. The summed E-state index contributed by atoms with van der Waals surface area (Å²) < 4.78 is 5.17. The molecule has 0 aromatic carbocycles. The first kappa shape index (κ1) is 13.6. The molecule has 0 aliphatic heterocycles. The van der Waals surface area contributed by atoms with Crippen LogP contribution in [0, 0.1) is 0 Å². The van der Waals surface area contributed by atoms with Crippen molar-refractivity contribution in [3.8, 4) is 5.75 Å². The van der Waals surface area contributed by atoms with Gasteiger partial charge in [0, 0.05) is 24.0 Å². The van der Waals surface area contributed by atoms with Gasteiger partial charge in [-0.25, -0.2) is 0 Å². The van der Waals surface area contributed by atoms with Crippen molar-refractivity contribution in [2.45, 2.75) is 38.3 Å². The molecule has 6 nitrogen and oxygen atoms in total. The molecule has 1 saturated carbocycles. The van der Waals surface area contributed by atoms with Crippen molar-refractivity contribution >= 4 is 5.91 Å². The van der Waals surface area contributed by atoms with Crippen molar-refractivity contribution in [1.29, 1.82) is 0 Å². The van der Waals surface area contributed by atoms with E-state index in [1.165, 1.54) is 12.3 Å². The van der Waals surface area contributed by atoms with E-state index < -0.39 is 0 Å². The minimum Gasteiger partial charge on any atom is -0.478 e. The standard InChI is InChI=1S/C13H18N2O4/c16-7-10-5-11(17)12(6-14-10)19-8-13(18)15-9-3-1-2-4-9/h5-6,9,16H,1-4,7-8H2,(H,14,17)(H,15,18). The van der Waals surface area contributed by atoms with E-state index in [2.05, 4.69) is 10.3 Å². The highest BCUT2D eigenvalue weighted by atomic mass is 16.5. The number of carbonyl (C=O) groups is 1. The van der Waals surface area contributed by atoms with E-state index in [0.717, 1.165) is 25.7 Å². The van der Waals surface area contributed by atoms with Gasteiger partial charge in [-0.05, 0) is 12.8 Å². The number of aliphatic hydroxyl groups is 1. The van der Waals surface area contributed by atoms with Crippen LogP contribution in [0.5, 0.6) is 5.75 Å². The number of aliphatic hydroxyl groups excluding tert-OH is 1. The summed E-state index contributed by atoms with van der Waals surface area (Å²) >= 11 is 0. The predicted octanol–water partition coefficient (Wildman–Crippen LogP) is 0.305. The summed E-state index contributed by atoms with van der Waals surface area (Å²) in [5.41, 5.74) is 0.0595. The number of H-pyrrole nitrogens is 1. The van der Waals surface area contributed by atoms with E-state index in [1.807, 2.05) is 0 Å². The van der Waals surface area contributed by atoms with Crippen molar-refractivity contribution in [3.63, 3.8) is 0 Å². The lowest BCUT2D eigenvalue weighted by Gasteiger charge is -2.12. The smallest absolute Gasteiger partial charge is 0.258 e. The summed E-state index contributed by atoms with van der Waals surface area (Å²) in [4.78, 5) is 25.9. The molecule has 0 atom stereocenters. The Morgan fingerprint density at radius 1 is 1.47 bits per heavy atom. The second-order valence-electron chi connectivity index (χ2n) is 4.68. The summed E-state index contributed by atoms with van der Waals surface area (Å²) in [5, 5.41) is 11.7.